The molecule has 2 aromatic rings. The number of nitrogens with one attached hydrogen (secondary N) is 1. The fraction of sp³-hybridized carbons (Fsp3) is 0.267. The van der Waals surface area contributed by atoms with Gasteiger partial charge in [0.15, 0.2) is 0 Å². The van der Waals surface area contributed by atoms with E-state index < -0.39 is 22.0 Å². The summed E-state index contributed by atoms with van der Waals surface area (Å²) in [5.74, 6) is -0.686. The molecule has 1 atom stereocenters. The smallest absolute Gasteiger partial charge is 0.325 e. The van der Waals surface area contributed by atoms with Gasteiger partial charge < -0.3 is 10.5 Å². The minimum absolute atomic E-state index is 0. The maximum Gasteiger partial charge on any atom is 0.325 e. The molecule has 0 aliphatic carbocycles. The summed E-state index contributed by atoms with van der Waals surface area (Å²) in [6, 6.07) is 11.0. The van der Waals surface area contributed by atoms with Crippen molar-refractivity contribution in [2.45, 2.75) is 17.9 Å². The van der Waals surface area contributed by atoms with E-state index in [0.29, 0.717) is 5.39 Å². The van der Waals surface area contributed by atoms with Crippen LogP contribution in [0.4, 0.5) is 0 Å². The second kappa shape index (κ2) is 8.26. The minimum atomic E-state index is -3.89. The van der Waals surface area contributed by atoms with Crippen LogP contribution >= 0.6 is 12.4 Å². The Morgan fingerprint density at radius 2 is 1.87 bits per heavy atom. The molecule has 0 unspecified atom stereocenters. The molecule has 0 aliphatic heterocycles. The Kier molecular flexibility index (Phi) is 6.96. The topological polar surface area (TPSA) is 98.5 Å². The van der Waals surface area contributed by atoms with E-state index in [9.17, 15) is 13.2 Å². The van der Waals surface area contributed by atoms with Crippen molar-refractivity contribution in [1.82, 2.24) is 4.72 Å². The molecule has 0 bridgehead atoms. The average Bonchev–Trinajstić information content (AvgIpc) is 2.52. The van der Waals surface area contributed by atoms with Crippen LogP contribution in [-0.4, -0.2) is 33.6 Å². The van der Waals surface area contributed by atoms with E-state index >= 15 is 0 Å². The van der Waals surface area contributed by atoms with E-state index in [4.69, 9.17) is 10.5 Å². The van der Waals surface area contributed by atoms with Crippen LogP contribution < -0.4 is 10.5 Å². The number of esters is 1. The number of sulfonamides is 1. The highest BCUT2D eigenvalue weighted by Crippen LogP contribution is 2.22. The number of benzene rings is 2. The van der Waals surface area contributed by atoms with Crippen molar-refractivity contribution >= 4 is 39.2 Å². The van der Waals surface area contributed by atoms with E-state index in [-0.39, 0.29) is 30.5 Å². The molecule has 126 valence electrons. The normalized spacial score (nSPS) is 12.4. The maximum atomic E-state index is 12.5. The van der Waals surface area contributed by atoms with Gasteiger partial charge in [0, 0.05) is 11.9 Å². The summed E-state index contributed by atoms with van der Waals surface area (Å²) in [4.78, 5) is 11.8. The van der Waals surface area contributed by atoms with Crippen molar-refractivity contribution in [2.24, 2.45) is 5.73 Å². The Morgan fingerprint density at radius 3 is 2.52 bits per heavy atom. The van der Waals surface area contributed by atoms with Crippen molar-refractivity contribution in [3.63, 3.8) is 0 Å². The Morgan fingerprint density at radius 1 is 1.22 bits per heavy atom. The molecule has 0 heterocycles. The molecule has 0 saturated carbocycles. The first-order chi connectivity index (χ1) is 10.5. The van der Waals surface area contributed by atoms with Crippen molar-refractivity contribution in [1.29, 1.82) is 0 Å². The molecular formula is C15H19ClN2O4S. The van der Waals surface area contributed by atoms with E-state index in [2.05, 4.69) is 4.72 Å². The summed E-state index contributed by atoms with van der Waals surface area (Å²) in [5, 5.41) is 1.38. The zero-order valence-corrected chi connectivity index (χ0v) is 14.2. The highest BCUT2D eigenvalue weighted by molar-refractivity contribution is 7.89. The summed E-state index contributed by atoms with van der Waals surface area (Å²) in [6.45, 7) is 1.62. The number of hydrogen-bond acceptors (Lipinski definition) is 5. The molecule has 0 radical (unpaired) electrons. The molecule has 3 N–H and O–H groups in total. The van der Waals surface area contributed by atoms with Crippen molar-refractivity contribution in [3.8, 4) is 0 Å². The summed E-state index contributed by atoms with van der Waals surface area (Å²) >= 11 is 0. The van der Waals surface area contributed by atoms with Crippen LogP contribution in [0.5, 0.6) is 0 Å². The number of carbonyl (C=O) groups is 1. The van der Waals surface area contributed by atoms with Gasteiger partial charge in [-0.3, -0.25) is 4.79 Å². The van der Waals surface area contributed by atoms with E-state index in [1.165, 1.54) is 6.07 Å². The number of halogens is 1. The Bertz CT molecular complexity index is 775. The quantitative estimate of drug-likeness (QED) is 0.761. The summed E-state index contributed by atoms with van der Waals surface area (Å²) in [6.07, 6.45) is 0. The first-order valence-electron chi connectivity index (χ1n) is 6.86. The van der Waals surface area contributed by atoms with Crippen molar-refractivity contribution < 1.29 is 17.9 Å². The molecule has 23 heavy (non-hydrogen) atoms. The molecule has 0 amide bonds. The first kappa shape index (κ1) is 19.4. The van der Waals surface area contributed by atoms with E-state index in [0.717, 1.165) is 5.39 Å². The monoisotopic (exact) mass is 358 g/mol. The van der Waals surface area contributed by atoms with Gasteiger partial charge in [0.1, 0.15) is 6.04 Å². The molecule has 0 fully saturated rings. The lowest BCUT2D eigenvalue weighted by Gasteiger charge is -2.16. The lowest BCUT2D eigenvalue weighted by atomic mass is 10.1. The molecule has 8 heteroatoms. The number of carbonyl (C=O) groups excluding carboxylic acids is 1. The van der Waals surface area contributed by atoms with Gasteiger partial charge in [0.05, 0.1) is 11.5 Å². The number of hydrogen-bond donors (Lipinski definition) is 2. The number of ether oxygens (including phenoxy) is 1. The number of rotatable bonds is 6. The predicted molar refractivity (Wildman–Crippen MR) is 91.0 cm³/mol. The van der Waals surface area contributed by atoms with E-state index in [1.54, 1.807) is 25.1 Å². The zero-order valence-electron chi connectivity index (χ0n) is 12.6. The highest BCUT2D eigenvalue weighted by Gasteiger charge is 2.26. The number of nitrogens with two attached hydrogens (primary N) is 1. The Balaban J connectivity index is 0.00000264. The first-order valence-corrected chi connectivity index (χ1v) is 8.34. The van der Waals surface area contributed by atoms with Crippen molar-refractivity contribution in [2.75, 3.05) is 13.2 Å². The van der Waals surface area contributed by atoms with Crippen LogP contribution in [0.2, 0.25) is 0 Å². The van der Waals surface area contributed by atoms with Gasteiger partial charge >= 0.3 is 5.97 Å². The molecular weight excluding hydrogens is 340 g/mol. The average molecular weight is 359 g/mol. The third kappa shape index (κ3) is 4.42. The largest absolute Gasteiger partial charge is 0.465 e. The Hall–Kier alpha value is -1.67. The molecule has 6 nitrogen and oxygen atoms in total. The number of fused-ring (bicyclic) bond motifs is 1. The van der Waals surface area contributed by atoms with Crippen molar-refractivity contribution in [3.05, 3.63) is 42.5 Å². The minimum Gasteiger partial charge on any atom is -0.465 e. The van der Waals surface area contributed by atoms with Gasteiger partial charge in [-0.15, -0.1) is 12.4 Å². The third-order valence-corrected chi connectivity index (χ3v) is 4.67. The summed E-state index contributed by atoms with van der Waals surface area (Å²) in [5.41, 5.74) is 5.47. The fourth-order valence-corrected chi connectivity index (χ4v) is 3.54. The van der Waals surface area contributed by atoms with Crippen LogP contribution in [0.25, 0.3) is 10.8 Å². The third-order valence-electron chi connectivity index (χ3n) is 3.14. The molecule has 0 spiro atoms. The van der Waals surface area contributed by atoms with Gasteiger partial charge in [-0.05, 0) is 18.4 Å². The summed E-state index contributed by atoms with van der Waals surface area (Å²) in [7, 11) is -3.89. The summed E-state index contributed by atoms with van der Waals surface area (Å²) < 4.78 is 32.2. The highest BCUT2D eigenvalue weighted by atomic mass is 35.5. The van der Waals surface area contributed by atoms with Crippen LogP contribution in [0.1, 0.15) is 6.92 Å². The molecule has 2 rings (SSSR count). The lowest BCUT2D eigenvalue weighted by Crippen LogP contribution is -2.46. The SMILES string of the molecule is CCOC(=O)[C@H](CN)NS(=O)(=O)c1cccc2ccccc12.Cl. The lowest BCUT2D eigenvalue weighted by molar-refractivity contribution is -0.144. The fourth-order valence-electron chi connectivity index (χ4n) is 2.12. The van der Waals surface area contributed by atoms with Gasteiger partial charge in [0.2, 0.25) is 10.0 Å². The molecule has 0 aliphatic rings. The van der Waals surface area contributed by atoms with Crippen LogP contribution in [0, 0.1) is 0 Å². The van der Waals surface area contributed by atoms with Gasteiger partial charge in [0.25, 0.3) is 0 Å². The van der Waals surface area contributed by atoms with Gasteiger partial charge in [-0.1, -0.05) is 36.4 Å². The van der Waals surface area contributed by atoms with E-state index in [1.807, 2.05) is 18.2 Å². The maximum absolute atomic E-state index is 12.5. The van der Waals surface area contributed by atoms with Crippen LogP contribution in [0.15, 0.2) is 47.4 Å². The predicted octanol–water partition coefficient (Wildman–Crippen LogP) is 1.43. The zero-order chi connectivity index (χ0) is 16.2. The van der Waals surface area contributed by atoms with Crippen LogP contribution in [-0.2, 0) is 19.6 Å². The molecule has 0 saturated heterocycles. The van der Waals surface area contributed by atoms with Gasteiger partial charge in [-0.25, -0.2) is 8.42 Å². The Labute approximate surface area is 141 Å². The molecule has 2 aromatic carbocycles. The second-order valence-electron chi connectivity index (χ2n) is 4.64. The molecule has 0 aromatic heterocycles. The van der Waals surface area contributed by atoms with Gasteiger partial charge in [-0.2, -0.15) is 4.72 Å². The standard InChI is InChI=1S/C15H18N2O4S.ClH/c1-2-21-15(18)13(10-16)17-22(19,20)14-9-5-7-11-6-3-4-8-12(11)14;/h3-9,13,17H,2,10,16H2,1H3;1H/t13-;/m0./s1. The van der Waals surface area contributed by atoms with Crippen LogP contribution in [0.3, 0.4) is 0 Å². The second-order valence-corrected chi connectivity index (χ2v) is 6.32.